The molecule has 0 unspecified atom stereocenters. The van der Waals surface area contributed by atoms with Gasteiger partial charge in [0, 0.05) is 38.9 Å². The van der Waals surface area contributed by atoms with Crippen molar-refractivity contribution >= 4 is 11.5 Å². The molecule has 1 saturated heterocycles. The molecular weight excluding hydrogens is 262 g/mol. The minimum absolute atomic E-state index is 0.866. The molecule has 2 aromatic heterocycles. The summed E-state index contributed by atoms with van der Waals surface area (Å²) in [7, 11) is 0. The van der Waals surface area contributed by atoms with Crippen LogP contribution in [0.1, 0.15) is 19.5 Å². The molecule has 5 nitrogen and oxygen atoms in total. The molecule has 1 aliphatic heterocycles. The number of nitrogens with one attached hydrogen (secondary N) is 1. The van der Waals surface area contributed by atoms with E-state index in [9.17, 15) is 0 Å². The minimum atomic E-state index is 0.866. The van der Waals surface area contributed by atoms with Crippen LogP contribution in [-0.2, 0) is 6.54 Å². The third-order valence-corrected chi connectivity index (χ3v) is 4.27. The highest BCUT2D eigenvalue weighted by atomic mass is 15.3. The van der Waals surface area contributed by atoms with Gasteiger partial charge in [0.2, 0.25) is 0 Å². The fourth-order valence-electron chi connectivity index (χ4n) is 2.97. The van der Waals surface area contributed by atoms with Crippen LogP contribution in [-0.4, -0.2) is 53.6 Å². The van der Waals surface area contributed by atoms with Gasteiger partial charge in [-0.2, -0.15) is 0 Å². The van der Waals surface area contributed by atoms with Gasteiger partial charge < -0.3 is 19.5 Å². The summed E-state index contributed by atoms with van der Waals surface area (Å²) in [5.41, 5.74) is 2.32. The Bertz CT molecular complexity index is 583. The van der Waals surface area contributed by atoms with E-state index in [1.807, 2.05) is 0 Å². The highest BCUT2D eigenvalue weighted by Crippen LogP contribution is 2.23. The number of aromatic nitrogens is 2. The second-order valence-corrected chi connectivity index (χ2v) is 5.51. The second-order valence-electron chi connectivity index (χ2n) is 5.51. The Morgan fingerprint density at radius 2 is 1.95 bits per heavy atom. The number of piperazine rings is 1. The lowest BCUT2D eigenvalue weighted by Gasteiger charge is -2.34. The summed E-state index contributed by atoms with van der Waals surface area (Å²) in [6.45, 7) is 11.8. The summed E-state index contributed by atoms with van der Waals surface area (Å²) < 4.78 is 2.21. The first kappa shape index (κ1) is 14.4. The molecule has 2 aromatic rings. The first-order valence-corrected chi connectivity index (χ1v) is 7.97. The molecule has 1 N–H and O–H groups in total. The van der Waals surface area contributed by atoms with Crippen molar-refractivity contribution in [3.8, 4) is 0 Å². The van der Waals surface area contributed by atoms with Crippen LogP contribution in [0.25, 0.3) is 5.65 Å². The molecule has 114 valence electrons. The van der Waals surface area contributed by atoms with Crippen molar-refractivity contribution in [2.75, 3.05) is 44.2 Å². The highest BCUT2D eigenvalue weighted by molar-refractivity contribution is 5.56. The van der Waals surface area contributed by atoms with E-state index in [0.717, 1.165) is 57.3 Å². The van der Waals surface area contributed by atoms with Gasteiger partial charge in [-0.1, -0.05) is 19.9 Å². The summed E-state index contributed by atoms with van der Waals surface area (Å²) >= 11 is 0. The third kappa shape index (κ3) is 2.89. The number of rotatable bonds is 5. The van der Waals surface area contributed by atoms with Crippen molar-refractivity contribution in [2.24, 2.45) is 0 Å². The number of nitrogens with zero attached hydrogens (tertiary/aromatic N) is 4. The van der Waals surface area contributed by atoms with E-state index in [1.165, 1.54) is 5.69 Å². The molecule has 0 amide bonds. The van der Waals surface area contributed by atoms with Crippen LogP contribution < -0.4 is 10.2 Å². The molecule has 0 aromatic carbocycles. The SMILES string of the molecule is CCNCc1c(N2CCN(CC)CC2)nc2ccccn12. The Labute approximate surface area is 126 Å². The summed E-state index contributed by atoms with van der Waals surface area (Å²) in [6, 6.07) is 6.21. The van der Waals surface area contributed by atoms with E-state index in [2.05, 4.69) is 57.8 Å². The van der Waals surface area contributed by atoms with Crippen LogP contribution >= 0.6 is 0 Å². The molecule has 0 atom stereocenters. The summed E-state index contributed by atoms with van der Waals surface area (Å²) in [6.07, 6.45) is 2.11. The predicted molar refractivity (Wildman–Crippen MR) is 86.9 cm³/mol. The number of pyridine rings is 1. The van der Waals surface area contributed by atoms with Gasteiger partial charge in [-0.05, 0) is 25.2 Å². The van der Waals surface area contributed by atoms with E-state index in [1.54, 1.807) is 0 Å². The molecule has 0 spiro atoms. The van der Waals surface area contributed by atoms with E-state index in [-0.39, 0.29) is 0 Å². The van der Waals surface area contributed by atoms with Gasteiger partial charge in [0.1, 0.15) is 5.65 Å². The molecule has 0 radical (unpaired) electrons. The zero-order valence-electron chi connectivity index (χ0n) is 13.0. The molecule has 3 heterocycles. The van der Waals surface area contributed by atoms with E-state index >= 15 is 0 Å². The average molecular weight is 287 g/mol. The molecular formula is C16H25N5. The first-order chi connectivity index (χ1) is 10.3. The van der Waals surface area contributed by atoms with Crippen molar-refractivity contribution in [2.45, 2.75) is 20.4 Å². The van der Waals surface area contributed by atoms with Crippen molar-refractivity contribution < 1.29 is 0 Å². The zero-order chi connectivity index (χ0) is 14.7. The summed E-state index contributed by atoms with van der Waals surface area (Å²) in [4.78, 5) is 9.80. The van der Waals surface area contributed by atoms with Crippen LogP contribution in [0, 0.1) is 0 Å². The van der Waals surface area contributed by atoms with Gasteiger partial charge >= 0.3 is 0 Å². The normalized spacial score (nSPS) is 16.8. The first-order valence-electron chi connectivity index (χ1n) is 7.97. The highest BCUT2D eigenvalue weighted by Gasteiger charge is 2.21. The van der Waals surface area contributed by atoms with Crippen molar-refractivity contribution in [3.63, 3.8) is 0 Å². The molecule has 0 bridgehead atoms. The van der Waals surface area contributed by atoms with Crippen LogP contribution in [0.5, 0.6) is 0 Å². The number of hydrogen-bond donors (Lipinski definition) is 1. The van der Waals surface area contributed by atoms with E-state index < -0.39 is 0 Å². The Morgan fingerprint density at radius 3 is 2.67 bits per heavy atom. The van der Waals surface area contributed by atoms with E-state index in [0.29, 0.717) is 0 Å². The quantitative estimate of drug-likeness (QED) is 0.906. The second kappa shape index (κ2) is 6.45. The van der Waals surface area contributed by atoms with Crippen molar-refractivity contribution in [3.05, 3.63) is 30.1 Å². The number of likely N-dealkylation sites (N-methyl/N-ethyl adjacent to an activating group) is 1. The van der Waals surface area contributed by atoms with Gasteiger partial charge in [0.25, 0.3) is 0 Å². The predicted octanol–water partition coefficient (Wildman–Crippen LogP) is 1.59. The Balaban J connectivity index is 1.90. The molecule has 0 aliphatic carbocycles. The lowest BCUT2D eigenvalue weighted by molar-refractivity contribution is 0.270. The monoisotopic (exact) mass is 287 g/mol. The van der Waals surface area contributed by atoms with Gasteiger partial charge in [-0.25, -0.2) is 4.98 Å². The third-order valence-electron chi connectivity index (χ3n) is 4.27. The van der Waals surface area contributed by atoms with Crippen LogP contribution in [0.4, 0.5) is 5.82 Å². The minimum Gasteiger partial charge on any atom is -0.352 e. The molecule has 1 fully saturated rings. The maximum absolute atomic E-state index is 4.87. The average Bonchev–Trinajstić information content (AvgIpc) is 2.91. The Morgan fingerprint density at radius 1 is 1.14 bits per heavy atom. The fraction of sp³-hybridized carbons (Fsp3) is 0.562. The van der Waals surface area contributed by atoms with Crippen LogP contribution in [0.2, 0.25) is 0 Å². The number of anilines is 1. The van der Waals surface area contributed by atoms with E-state index in [4.69, 9.17) is 4.98 Å². The maximum Gasteiger partial charge on any atom is 0.152 e. The summed E-state index contributed by atoms with van der Waals surface area (Å²) in [5.74, 6) is 1.15. The number of hydrogen-bond acceptors (Lipinski definition) is 4. The maximum atomic E-state index is 4.87. The zero-order valence-corrected chi connectivity index (χ0v) is 13.0. The standard InChI is InChI=1S/C16H25N5/c1-3-17-13-14-16(18-15-7-5-6-8-21(14)15)20-11-9-19(4-2)10-12-20/h5-8,17H,3-4,9-13H2,1-2H3. The molecule has 21 heavy (non-hydrogen) atoms. The lowest BCUT2D eigenvalue weighted by Crippen LogP contribution is -2.46. The molecule has 0 saturated carbocycles. The van der Waals surface area contributed by atoms with Crippen molar-refractivity contribution in [1.82, 2.24) is 19.6 Å². The molecule has 1 aliphatic rings. The number of imidazole rings is 1. The van der Waals surface area contributed by atoms with Gasteiger partial charge in [0.15, 0.2) is 5.82 Å². The molecule has 5 heteroatoms. The van der Waals surface area contributed by atoms with Crippen molar-refractivity contribution in [1.29, 1.82) is 0 Å². The number of fused-ring (bicyclic) bond motifs is 1. The van der Waals surface area contributed by atoms with Gasteiger partial charge in [0.05, 0.1) is 5.69 Å². The summed E-state index contributed by atoms with van der Waals surface area (Å²) in [5, 5.41) is 3.44. The van der Waals surface area contributed by atoms with Crippen LogP contribution in [0.15, 0.2) is 24.4 Å². The van der Waals surface area contributed by atoms with Crippen LogP contribution in [0.3, 0.4) is 0 Å². The Kier molecular flexibility index (Phi) is 4.41. The van der Waals surface area contributed by atoms with Gasteiger partial charge in [-0.15, -0.1) is 0 Å². The largest absolute Gasteiger partial charge is 0.352 e. The fourth-order valence-corrected chi connectivity index (χ4v) is 2.97. The molecule has 3 rings (SSSR count). The van der Waals surface area contributed by atoms with Gasteiger partial charge in [-0.3, -0.25) is 0 Å². The lowest BCUT2D eigenvalue weighted by atomic mass is 10.3. The topological polar surface area (TPSA) is 35.8 Å². The smallest absolute Gasteiger partial charge is 0.152 e. The Hall–Kier alpha value is -1.59.